The Morgan fingerprint density at radius 1 is 1.17 bits per heavy atom. The Bertz CT molecular complexity index is 479. The van der Waals surface area contributed by atoms with Crippen molar-refractivity contribution < 1.29 is 4.42 Å². The minimum Gasteiger partial charge on any atom is -0.424 e. The van der Waals surface area contributed by atoms with Crippen LogP contribution in [0.5, 0.6) is 0 Å². The van der Waals surface area contributed by atoms with Crippen molar-refractivity contribution in [2.24, 2.45) is 5.92 Å². The second kappa shape index (κ2) is 5.78. The number of hydrogen-bond donors (Lipinski definition) is 1. The summed E-state index contributed by atoms with van der Waals surface area (Å²) in [6.45, 7) is 6.79. The number of nitrogens with zero attached hydrogens (tertiary/aromatic N) is 2. The molecule has 1 aromatic heterocycles. The zero-order chi connectivity index (χ0) is 13.0. The lowest BCUT2D eigenvalue weighted by atomic mass is 9.96. The van der Waals surface area contributed by atoms with E-state index < -0.39 is 0 Å². The minimum atomic E-state index is 0.290. The van der Waals surface area contributed by atoms with Crippen LogP contribution in [0.4, 0.5) is 0 Å². The molecule has 0 radical (unpaired) electrons. The predicted molar refractivity (Wildman–Crippen MR) is 69.9 cm³/mol. The first-order valence-electron chi connectivity index (χ1n) is 6.24. The SMILES string of the molecule is Cc1nnc(CN[C@@H](c2ccccc2)C(C)C)o1. The number of aromatic nitrogens is 2. The highest BCUT2D eigenvalue weighted by atomic mass is 16.4. The summed E-state index contributed by atoms with van der Waals surface area (Å²) in [7, 11) is 0. The highest BCUT2D eigenvalue weighted by molar-refractivity contribution is 5.19. The van der Waals surface area contributed by atoms with E-state index in [-0.39, 0.29) is 0 Å². The van der Waals surface area contributed by atoms with Crippen molar-refractivity contribution in [3.05, 3.63) is 47.7 Å². The minimum absolute atomic E-state index is 0.290. The molecular weight excluding hydrogens is 226 g/mol. The monoisotopic (exact) mass is 245 g/mol. The fraction of sp³-hybridized carbons (Fsp3) is 0.429. The van der Waals surface area contributed by atoms with Crippen molar-refractivity contribution >= 4 is 0 Å². The van der Waals surface area contributed by atoms with Gasteiger partial charge in [-0.1, -0.05) is 44.2 Å². The maximum Gasteiger partial charge on any atom is 0.230 e. The van der Waals surface area contributed by atoms with Crippen molar-refractivity contribution in [1.82, 2.24) is 15.5 Å². The average Bonchev–Trinajstić information content (AvgIpc) is 2.76. The molecule has 0 fully saturated rings. The summed E-state index contributed by atoms with van der Waals surface area (Å²) in [5, 5.41) is 11.3. The van der Waals surface area contributed by atoms with Gasteiger partial charge in [-0.25, -0.2) is 0 Å². The van der Waals surface area contributed by atoms with Gasteiger partial charge in [-0.2, -0.15) is 0 Å². The van der Waals surface area contributed by atoms with Crippen LogP contribution in [-0.2, 0) is 6.54 Å². The summed E-state index contributed by atoms with van der Waals surface area (Å²) in [6.07, 6.45) is 0. The summed E-state index contributed by atoms with van der Waals surface area (Å²) in [5.74, 6) is 1.73. The van der Waals surface area contributed by atoms with Gasteiger partial charge in [0.2, 0.25) is 11.8 Å². The maximum atomic E-state index is 5.36. The van der Waals surface area contributed by atoms with Crippen LogP contribution >= 0.6 is 0 Å². The zero-order valence-electron chi connectivity index (χ0n) is 11.1. The number of nitrogens with one attached hydrogen (secondary N) is 1. The van der Waals surface area contributed by atoms with Crippen LogP contribution in [0.2, 0.25) is 0 Å². The smallest absolute Gasteiger partial charge is 0.230 e. The van der Waals surface area contributed by atoms with Crippen LogP contribution in [0.25, 0.3) is 0 Å². The van der Waals surface area contributed by atoms with Crippen molar-refractivity contribution in [2.75, 3.05) is 0 Å². The van der Waals surface area contributed by atoms with Gasteiger partial charge in [0, 0.05) is 13.0 Å². The number of aryl methyl sites for hydroxylation is 1. The number of benzene rings is 1. The Balaban J connectivity index is 2.03. The van der Waals surface area contributed by atoms with E-state index in [1.807, 2.05) is 6.07 Å². The topological polar surface area (TPSA) is 51.0 Å². The molecule has 0 spiro atoms. The molecule has 0 saturated heterocycles. The van der Waals surface area contributed by atoms with Gasteiger partial charge >= 0.3 is 0 Å². The van der Waals surface area contributed by atoms with Crippen LogP contribution in [0.3, 0.4) is 0 Å². The van der Waals surface area contributed by atoms with Crippen molar-refractivity contribution in [1.29, 1.82) is 0 Å². The Labute approximate surface area is 107 Å². The molecule has 0 amide bonds. The van der Waals surface area contributed by atoms with Gasteiger partial charge in [0.05, 0.1) is 6.54 Å². The maximum absolute atomic E-state index is 5.36. The molecule has 4 heteroatoms. The summed E-state index contributed by atoms with van der Waals surface area (Å²) in [5.41, 5.74) is 1.28. The Kier molecular flexibility index (Phi) is 4.10. The lowest BCUT2D eigenvalue weighted by molar-refractivity contribution is 0.373. The molecule has 1 atom stereocenters. The van der Waals surface area contributed by atoms with E-state index >= 15 is 0 Å². The second-order valence-electron chi connectivity index (χ2n) is 4.73. The highest BCUT2D eigenvalue weighted by Gasteiger charge is 2.15. The van der Waals surface area contributed by atoms with E-state index in [2.05, 4.69) is 53.6 Å². The molecule has 2 aromatic rings. The second-order valence-corrected chi connectivity index (χ2v) is 4.73. The first-order valence-corrected chi connectivity index (χ1v) is 6.24. The van der Waals surface area contributed by atoms with Crippen molar-refractivity contribution in [2.45, 2.75) is 33.4 Å². The lowest BCUT2D eigenvalue weighted by Crippen LogP contribution is -2.25. The first-order chi connectivity index (χ1) is 8.66. The Morgan fingerprint density at radius 2 is 1.89 bits per heavy atom. The molecule has 1 heterocycles. The normalized spacial score (nSPS) is 12.9. The van der Waals surface area contributed by atoms with Gasteiger partial charge < -0.3 is 9.73 Å². The standard InChI is InChI=1S/C14H19N3O/c1-10(2)14(12-7-5-4-6-8-12)15-9-13-17-16-11(3)18-13/h4-8,10,14-15H,9H2,1-3H3/t14-/m1/s1. The van der Waals surface area contributed by atoms with E-state index in [1.54, 1.807) is 6.92 Å². The van der Waals surface area contributed by atoms with Gasteiger partial charge in [0.15, 0.2) is 0 Å². The molecule has 96 valence electrons. The molecule has 1 aromatic carbocycles. The summed E-state index contributed by atoms with van der Waals surface area (Å²) >= 11 is 0. The molecule has 0 aliphatic rings. The molecule has 0 aliphatic heterocycles. The molecule has 0 aliphatic carbocycles. The Morgan fingerprint density at radius 3 is 2.44 bits per heavy atom. The quantitative estimate of drug-likeness (QED) is 0.880. The first kappa shape index (κ1) is 12.8. The van der Waals surface area contributed by atoms with E-state index in [1.165, 1.54) is 5.56 Å². The van der Waals surface area contributed by atoms with Crippen LogP contribution in [-0.4, -0.2) is 10.2 Å². The van der Waals surface area contributed by atoms with Gasteiger partial charge in [0.25, 0.3) is 0 Å². The molecule has 0 bridgehead atoms. The van der Waals surface area contributed by atoms with Gasteiger partial charge in [-0.05, 0) is 11.5 Å². The van der Waals surface area contributed by atoms with Gasteiger partial charge in [-0.3, -0.25) is 0 Å². The molecular formula is C14H19N3O. The summed E-state index contributed by atoms with van der Waals surface area (Å²) in [6, 6.07) is 10.7. The third-order valence-electron chi connectivity index (χ3n) is 2.87. The molecule has 2 rings (SSSR count). The van der Waals surface area contributed by atoms with Gasteiger partial charge in [-0.15, -0.1) is 10.2 Å². The van der Waals surface area contributed by atoms with Crippen LogP contribution in [0.1, 0.15) is 37.2 Å². The summed E-state index contributed by atoms with van der Waals surface area (Å²) in [4.78, 5) is 0. The van der Waals surface area contributed by atoms with E-state index in [0.717, 1.165) is 0 Å². The third kappa shape index (κ3) is 3.17. The lowest BCUT2D eigenvalue weighted by Gasteiger charge is -2.22. The predicted octanol–water partition coefficient (Wildman–Crippen LogP) is 2.86. The van der Waals surface area contributed by atoms with E-state index in [4.69, 9.17) is 4.42 Å². The average molecular weight is 245 g/mol. The Hall–Kier alpha value is -1.68. The van der Waals surface area contributed by atoms with Crippen molar-refractivity contribution in [3.8, 4) is 0 Å². The van der Waals surface area contributed by atoms with E-state index in [0.29, 0.717) is 30.3 Å². The van der Waals surface area contributed by atoms with Crippen LogP contribution in [0, 0.1) is 12.8 Å². The van der Waals surface area contributed by atoms with Crippen LogP contribution < -0.4 is 5.32 Å². The van der Waals surface area contributed by atoms with Gasteiger partial charge in [0.1, 0.15) is 0 Å². The zero-order valence-corrected chi connectivity index (χ0v) is 11.1. The molecule has 0 unspecified atom stereocenters. The fourth-order valence-electron chi connectivity index (χ4n) is 2.01. The highest BCUT2D eigenvalue weighted by Crippen LogP contribution is 2.21. The summed E-state index contributed by atoms with van der Waals surface area (Å²) < 4.78 is 5.36. The number of rotatable bonds is 5. The number of hydrogen-bond acceptors (Lipinski definition) is 4. The van der Waals surface area contributed by atoms with Crippen molar-refractivity contribution in [3.63, 3.8) is 0 Å². The molecule has 4 nitrogen and oxygen atoms in total. The molecule has 1 N–H and O–H groups in total. The largest absolute Gasteiger partial charge is 0.424 e. The molecule has 18 heavy (non-hydrogen) atoms. The van der Waals surface area contributed by atoms with E-state index in [9.17, 15) is 0 Å². The fourth-order valence-corrected chi connectivity index (χ4v) is 2.01. The third-order valence-corrected chi connectivity index (χ3v) is 2.87. The molecule has 0 saturated carbocycles. The van der Waals surface area contributed by atoms with Crippen LogP contribution in [0.15, 0.2) is 34.7 Å².